The molecule has 0 saturated heterocycles. The minimum Gasteiger partial charge on any atom is -0.446 e. The van der Waals surface area contributed by atoms with Gasteiger partial charge in [0.25, 0.3) is 0 Å². The van der Waals surface area contributed by atoms with Crippen molar-refractivity contribution in [1.82, 2.24) is 9.71 Å². The molecule has 0 amide bonds. The van der Waals surface area contributed by atoms with E-state index in [9.17, 15) is 8.42 Å². The van der Waals surface area contributed by atoms with E-state index in [0.29, 0.717) is 18.1 Å². The zero-order chi connectivity index (χ0) is 14.8. The van der Waals surface area contributed by atoms with Gasteiger partial charge in [0.05, 0.1) is 10.6 Å². The Balaban J connectivity index is 1.99. The fourth-order valence-corrected chi connectivity index (χ4v) is 2.94. The van der Waals surface area contributed by atoms with E-state index in [0.717, 1.165) is 11.3 Å². The number of aryl methyl sites for hydroxylation is 3. The first kappa shape index (κ1) is 14.7. The molecule has 20 heavy (non-hydrogen) atoms. The summed E-state index contributed by atoms with van der Waals surface area (Å²) in [6.07, 6.45) is 0.484. The molecule has 1 N–H and O–H groups in total. The maximum Gasteiger partial charge on any atom is 0.240 e. The van der Waals surface area contributed by atoms with Crippen LogP contribution in [-0.4, -0.2) is 19.9 Å². The third-order valence-corrected chi connectivity index (χ3v) is 4.45. The summed E-state index contributed by atoms with van der Waals surface area (Å²) in [5, 5.41) is 0. The Labute approximate surface area is 119 Å². The van der Waals surface area contributed by atoms with Crippen LogP contribution in [0.4, 0.5) is 0 Å². The molecule has 0 aliphatic heterocycles. The number of benzene rings is 1. The van der Waals surface area contributed by atoms with Crippen LogP contribution in [0.3, 0.4) is 0 Å². The molecule has 108 valence electrons. The van der Waals surface area contributed by atoms with Crippen molar-refractivity contribution in [3.05, 3.63) is 47.2 Å². The van der Waals surface area contributed by atoms with Gasteiger partial charge in [-0.05, 0) is 26.0 Å². The van der Waals surface area contributed by atoms with E-state index in [1.807, 2.05) is 13.8 Å². The number of sulfonamides is 1. The molecule has 0 saturated carbocycles. The maximum absolute atomic E-state index is 12.1. The van der Waals surface area contributed by atoms with Gasteiger partial charge in [-0.1, -0.05) is 17.7 Å². The van der Waals surface area contributed by atoms with Gasteiger partial charge < -0.3 is 4.42 Å². The third kappa shape index (κ3) is 3.46. The molecular weight excluding hydrogens is 276 g/mol. The van der Waals surface area contributed by atoms with Crippen LogP contribution in [0.5, 0.6) is 0 Å². The van der Waals surface area contributed by atoms with E-state index in [1.54, 1.807) is 31.2 Å². The highest BCUT2D eigenvalue weighted by molar-refractivity contribution is 7.89. The SMILES string of the molecule is Cc1ccc(S(=O)(=O)NCCc2oc(C)nc2C)cc1. The quantitative estimate of drug-likeness (QED) is 0.917. The van der Waals surface area contributed by atoms with Crippen LogP contribution in [0.25, 0.3) is 0 Å². The van der Waals surface area contributed by atoms with E-state index in [2.05, 4.69) is 9.71 Å². The van der Waals surface area contributed by atoms with Crippen LogP contribution in [0, 0.1) is 20.8 Å². The average molecular weight is 294 g/mol. The predicted octanol–water partition coefficient (Wildman–Crippen LogP) is 2.12. The Kier molecular flexibility index (Phi) is 4.25. The monoisotopic (exact) mass is 294 g/mol. The third-order valence-electron chi connectivity index (χ3n) is 2.98. The molecule has 1 aromatic heterocycles. The summed E-state index contributed by atoms with van der Waals surface area (Å²) in [5.41, 5.74) is 1.83. The second kappa shape index (κ2) is 5.76. The largest absolute Gasteiger partial charge is 0.446 e. The van der Waals surface area contributed by atoms with Crippen LogP contribution in [0.2, 0.25) is 0 Å². The van der Waals surface area contributed by atoms with Gasteiger partial charge in [-0.2, -0.15) is 0 Å². The minimum absolute atomic E-state index is 0.272. The number of oxazole rings is 1. The summed E-state index contributed by atoms with van der Waals surface area (Å²) in [4.78, 5) is 4.42. The zero-order valence-electron chi connectivity index (χ0n) is 11.8. The summed E-state index contributed by atoms with van der Waals surface area (Å²) in [7, 11) is -3.47. The number of aromatic nitrogens is 1. The summed E-state index contributed by atoms with van der Waals surface area (Å²) >= 11 is 0. The van der Waals surface area contributed by atoms with Gasteiger partial charge in [0.1, 0.15) is 5.76 Å². The van der Waals surface area contributed by atoms with Gasteiger partial charge in [-0.15, -0.1) is 0 Å². The van der Waals surface area contributed by atoms with E-state index < -0.39 is 10.0 Å². The first-order chi connectivity index (χ1) is 9.38. The summed E-state index contributed by atoms with van der Waals surface area (Å²) in [6.45, 7) is 5.82. The molecule has 1 heterocycles. The van der Waals surface area contributed by atoms with E-state index in [-0.39, 0.29) is 11.4 Å². The van der Waals surface area contributed by atoms with Crippen LogP contribution in [0.1, 0.15) is 22.9 Å². The molecule has 1 aromatic carbocycles. The number of hydrogen-bond acceptors (Lipinski definition) is 4. The maximum atomic E-state index is 12.1. The second-order valence-corrected chi connectivity index (χ2v) is 6.47. The molecule has 0 spiro atoms. The lowest BCUT2D eigenvalue weighted by atomic mass is 10.2. The number of rotatable bonds is 5. The Morgan fingerprint density at radius 2 is 1.80 bits per heavy atom. The zero-order valence-corrected chi connectivity index (χ0v) is 12.6. The van der Waals surface area contributed by atoms with Crippen molar-refractivity contribution in [1.29, 1.82) is 0 Å². The van der Waals surface area contributed by atoms with Crippen molar-refractivity contribution in [3.8, 4) is 0 Å². The van der Waals surface area contributed by atoms with Crippen molar-refractivity contribution < 1.29 is 12.8 Å². The molecule has 0 radical (unpaired) electrons. The van der Waals surface area contributed by atoms with E-state index in [4.69, 9.17) is 4.42 Å². The van der Waals surface area contributed by atoms with Gasteiger partial charge in [0.2, 0.25) is 10.0 Å². The predicted molar refractivity (Wildman–Crippen MR) is 76.0 cm³/mol. The highest BCUT2D eigenvalue weighted by atomic mass is 32.2. The molecule has 2 rings (SSSR count). The van der Waals surface area contributed by atoms with Crippen molar-refractivity contribution in [2.45, 2.75) is 32.1 Å². The number of hydrogen-bond donors (Lipinski definition) is 1. The molecular formula is C14H18N2O3S. The van der Waals surface area contributed by atoms with Crippen LogP contribution < -0.4 is 4.72 Å². The van der Waals surface area contributed by atoms with Crippen molar-refractivity contribution in [2.24, 2.45) is 0 Å². The van der Waals surface area contributed by atoms with Crippen molar-refractivity contribution >= 4 is 10.0 Å². The van der Waals surface area contributed by atoms with Gasteiger partial charge in [-0.25, -0.2) is 18.1 Å². The Morgan fingerprint density at radius 3 is 2.35 bits per heavy atom. The molecule has 0 bridgehead atoms. The first-order valence-electron chi connectivity index (χ1n) is 6.38. The molecule has 0 atom stereocenters. The Hall–Kier alpha value is -1.66. The highest BCUT2D eigenvalue weighted by Crippen LogP contribution is 2.12. The van der Waals surface area contributed by atoms with Crippen molar-refractivity contribution in [2.75, 3.05) is 6.54 Å². The average Bonchev–Trinajstić information content (AvgIpc) is 2.68. The topological polar surface area (TPSA) is 72.2 Å². The summed E-state index contributed by atoms with van der Waals surface area (Å²) in [5.74, 6) is 1.31. The molecule has 5 nitrogen and oxygen atoms in total. The standard InChI is InChI=1S/C14H18N2O3S/c1-10-4-6-13(7-5-10)20(17,18)15-9-8-14-11(2)16-12(3)19-14/h4-7,15H,8-9H2,1-3H3. The second-order valence-electron chi connectivity index (χ2n) is 4.70. The Morgan fingerprint density at radius 1 is 1.15 bits per heavy atom. The Bertz CT molecular complexity index is 688. The minimum atomic E-state index is -3.47. The molecule has 2 aromatic rings. The number of nitrogens with one attached hydrogen (secondary N) is 1. The molecule has 0 aliphatic rings. The highest BCUT2D eigenvalue weighted by Gasteiger charge is 2.14. The van der Waals surface area contributed by atoms with E-state index in [1.165, 1.54) is 0 Å². The molecule has 0 unspecified atom stereocenters. The van der Waals surface area contributed by atoms with Crippen LogP contribution in [-0.2, 0) is 16.4 Å². The van der Waals surface area contributed by atoms with E-state index >= 15 is 0 Å². The lowest BCUT2D eigenvalue weighted by Gasteiger charge is -2.06. The lowest BCUT2D eigenvalue weighted by molar-refractivity contribution is 0.472. The van der Waals surface area contributed by atoms with Crippen molar-refractivity contribution in [3.63, 3.8) is 0 Å². The van der Waals surface area contributed by atoms with Crippen LogP contribution >= 0.6 is 0 Å². The summed E-state index contributed by atoms with van der Waals surface area (Å²) < 4.78 is 32.1. The fraction of sp³-hybridized carbons (Fsp3) is 0.357. The lowest BCUT2D eigenvalue weighted by Crippen LogP contribution is -2.26. The normalized spacial score (nSPS) is 11.8. The number of nitrogens with zero attached hydrogens (tertiary/aromatic N) is 1. The molecule has 6 heteroatoms. The smallest absolute Gasteiger partial charge is 0.240 e. The first-order valence-corrected chi connectivity index (χ1v) is 7.86. The van der Waals surface area contributed by atoms with Gasteiger partial charge in [0, 0.05) is 19.9 Å². The van der Waals surface area contributed by atoms with Gasteiger partial charge in [0.15, 0.2) is 5.89 Å². The molecule has 0 aliphatic carbocycles. The summed E-state index contributed by atoms with van der Waals surface area (Å²) in [6, 6.07) is 6.75. The van der Waals surface area contributed by atoms with Gasteiger partial charge in [-0.3, -0.25) is 0 Å². The fourth-order valence-electron chi connectivity index (χ4n) is 1.91. The van der Waals surface area contributed by atoms with Gasteiger partial charge >= 0.3 is 0 Å². The van der Waals surface area contributed by atoms with Crippen LogP contribution in [0.15, 0.2) is 33.6 Å². The molecule has 0 fully saturated rings.